The van der Waals surface area contributed by atoms with Crippen molar-refractivity contribution in [3.8, 4) is 0 Å². The Bertz CT molecular complexity index is 566. The van der Waals surface area contributed by atoms with Gasteiger partial charge in [-0.15, -0.1) is 0 Å². The van der Waals surface area contributed by atoms with Crippen LogP contribution in [0.4, 0.5) is 0 Å². The molecular weight excluding hydrogens is 216 g/mol. The first-order valence-corrected chi connectivity index (χ1v) is 5.82. The Hall–Kier alpha value is -1.55. The topological polar surface area (TPSA) is 72.0 Å². The highest BCUT2D eigenvalue weighted by Crippen LogP contribution is 2.26. The van der Waals surface area contributed by atoms with Gasteiger partial charge >= 0.3 is 5.76 Å². The van der Waals surface area contributed by atoms with Crippen molar-refractivity contribution in [2.24, 2.45) is 11.1 Å². The molecule has 4 nitrogen and oxygen atoms in total. The number of aromatic nitrogens is 1. The fourth-order valence-electron chi connectivity index (χ4n) is 2.14. The lowest BCUT2D eigenvalue weighted by Gasteiger charge is -2.23. The van der Waals surface area contributed by atoms with Crippen LogP contribution in [0.15, 0.2) is 27.4 Å². The number of hydrogen-bond donors (Lipinski definition) is 2. The van der Waals surface area contributed by atoms with E-state index in [1.165, 1.54) is 5.56 Å². The Kier molecular flexibility index (Phi) is 3.07. The van der Waals surface area contributed by atoms with Crippen molar-refractivity contribution >= 4 is 11.1 Å². The van der Waals surface area contributed by atoms with E-state index in [-0.39, 0.29) is 5.41 Å². The third-order valence-corrected chi connectivity index (χ3v) is 2.99. The molecule has 2 rings (SSSR count). The van der Waals surface area contributed by atoms with E-state index in [1.807, 2.05) is 18.2 Å². The maximum absolute atomic E-state index is 11.0. The fourth-order valence-corrected chi connectivity index (χ4v) is 2.14. The molecule has 0 aliphatic rings. The average molecular weight is 234 g/mol. The van der Waals surface area contributed by atoms with Gasteiger partial charge in [0.1, 0.15) is 0 Å². The highest BCUT2D eigenvalue weighted by Gasteiger charge is 2.17. The molecular formula is C13H18N2O2. The van der Waals surface area contributed by atoms with E-state index in [2.05, 4.69) is 18.8 Å². The average Bonchev–Trinajstić information content (AvgIpc) is 2.56. The molecule has 0 amide bonds. The number of hydrogen-bond acceptors (Lipinski definition) is 3. The van der Waals surface area contributed by atoms with Gasteiger partial charge in [0.25, 0.3) is 0 Å². The molecule has 3 N–H and O–H groups in total. The molecule has 1 aromatic heterocycles. The number of fused-ring (bicyclic) bond motifs is 1. The van der Waals surface area contributed by atoms with Crippen molar-refractivity contribution in [2.45, 2.75) is 26.7 Å². The first-order valence-electron chi connectivity index (χ1n) is 5.82. The van der Waals surface area contributed by atoms with Gasteiger partial charge in [-0.2, -0.15) is 0 Å². The first-order chi connectivity index (χ1) is 8.00. The van der Waals surface area contributed by atoms with Crippen LogP contribution in [-0.4, -0.2) is 11.5 Å². The van der Waals surface area contributed by atoms with Gasteiger partial charge in [-0.1, -0.05) is 19.9 Å². The van der Waals surface area contributed by atoms with Crippen LogP contribution < -0.4 is 11.5 Å². The Morgan fingerprint density at radius 2 is 2.18 bits per heavy atom. The van der Waals surface area contributed by atoms with Gasteiger partial charge in [-0.3, -0.25) is 4.98 Å². The molecule has 1 aromatic carbocycles. The number of nitrogens with one attached hydrogen (secondary N) is 1. The third kappa shape index (κ3) is 2.77. The zero-order valence-electron chi connectivity index (χ0n) is 10.2. The molecule has 92 valence electrons. The van der Waals surface area contributed by atoms with Gasteiger partial charge in [0.2, 0.25) is 0 Å². The van der Waals surface area contributed by atoms with Gasteiger partial charge in [0, 0.05) is 0 Å². The largest absolute Gasteiger partial charge is 0.417 e. The number of aromatic amines is 1. The summed E-state index contributed by atoms with van der Waals surface area (Å²) in [5, 5.41) is 0. The van der Waals surface area contributed by atoms with E-state index >= 15 is 0 Å². The van der Waals surface area contributed by atoms with E-state index in [0.29, 0.717) is 12.1 Å². The molecule has 0 atom stereocenters. The molecule has 0 fully saturated rings. The highest BCUT2D eigenvalue weighted by atomic mass is 16.4. The smallest absolute Gasteiger partial charge is 0.408 e. The van der Waals surface area contributed by atoms with Crippen molar-refractivity contribution in [1.82, 2.24) is 4.98 Å². The van der Waals surface area contributed by atoms with Crippen LogP contribution in [0.3, 0.4) is 0 Å². The molecule has 0 aliphatic heterocycles. The van der Waals surface area contributed by atoms with Gasteiger partial charge < -0.3 is 10.2 Å². The lowest BCUT2D eigenvalue weighted by molar-refractivity contribution is 0.339. The number of H-pyrrole nitrogens is 1. The summed E-state index contributed by atoms with van der Waals surface area (Å²) < 4.78 is 4.97. The van der Waals surface area contributed by atoms with Crippen molar-refractivity contribution in [3.63, 3.8) is 0 Å². The summed E-state index contributed by atoms with van der Waals surface area (Å²) in [6, 6.07) is 5.80. The Morgan fingerprint density at radius 1 is 1.41 bits per heavy atom. The van der Waals surface area contributed by atoms with Crippen LogP contribution in [-0.2, 0) is 6.42 Å². The van der Waals surface area contributed by atoms with Crippen molar-refractivity contribution in [1.29, 1.82) is 0 Å². The minimum Gasteiger partial charge on any atom is -0.408 e. The van der Waals surface area contributed by atoms with E-state index < -0.39 is 5.76 Å². The van der Waals surface area contributed by atoms with Crippen LogP contribution in [0.1, 0.15) is 25.8 Å². The van der Waals surface area contributed by atoms with Crippen LogP contribution >= 0.6 is 0 Å². The van der Waals surface area contributed by atoms with Gasteiger partial charge in [-0.05, 0) is 42.5 Å². The number of nitrogens with two attached hydrogens (primary N) is 1. The van der Waals surface area contributed by atoms with Crippen LogP contribution in [0, 0.1) is 5.41 Å². The molecule has 2 aromatic rings. The molecule has 0 spiro atoms. The summed E-state index contributed by atoms with van der Waals surface area (Å²) in [6.07, 6.45) is 1.92. The summed E-state index contributed by atoms with van der Waals surface area (Å²) >= 11 is 0. The van der Waals surface area contributed by atoms with E-state index in [1.54, 1.807) is 0 Å². The number of benzene rings is 1. The number of rotatable bonds is 4. The fraction of sp³-hybridized carbons (Fsp3) is 0.462. The van der Waals surface area contributed by atoms with Crippen LogP contribution in [0.25, 0.3) is 11.1 Å². The zero-order valence-corrected chi connectivity index (χ0v) is 10.2. The molecule has 0 aliphatic carbocycles. The van der Waals surface area contributed by atoms with Gasteiger partial charge in [-0.25, -0.2) is 4.79 Å². The summed E-state index contributed by atoms with van der Waals surface area (Å²) in [6.45, 7) is 5.09. The molecule has 0 radical (unpaired) electrons. The standard InChI is InChI=1S/C13H18N2O2/c1-13(2,5-6-14)8-9-3-4-11-10(7-9)15-12(16)17-11/h3-4,7H,5-6,8,14H2,1-2H3,(H,15,16). The summed E-state index contributed by atoms with van der Waals surface area (Å²) in [5.41, 5.74) is 8.33. The second kappa shape index (κ2) is 4.37. The molecule has 1 heterocycles. The minimum atomic E-state index is -0.404. The van der Waals surface area contributed by atoms with E-state index in [4.69, 9.17) is 10.2 Å². The van der Waals surface area contributed by atoms with Crippen molar-refractivity contribution < 1.29 is 4.42 Å². The third-order valence-electron chi connectivity index (χ3n) is 2.99. The SMILES string of the molecule is CC(C)(CCN)Cc1ccc2oc(=O)[nH]c2c1. The van der Waals surface area contributed by atoms with Crippen molar-refractivity contribution in [2.75, 3.05) is 6.54 Å². The molecule has 0 bridgehead atoms. The predicted octanol–water partition coefficient (Wildman–Crippen LogP) is 2.04. The number of oxazole rings is 1. The van der Waals surface area contributed by atoms with Crippen LogP contribution in [0.5, 0.6) is 0 Å². The van der Waals surface area contributed by atoms with E-state index in [0.717, 1.165) is 18.4 Å². The minimum absolute atomic E-state index is 0.173. The molecule has 0 unspecified atom stereocenters. The predicted molar refractivity (Wildman–Crippen MR) is 68.0 cm³/mol. The Balaban J connectivity index is 2.27. The quantitative estimate of drug-likeness (QED) is 0.850. The Morgan fingerprint density at radius 3 is 2.88 bits per heavy atom. The lowest BCUT2D eigenvalue weighted by Crippen LogP contribution is -2.19. The summed E-state index contributed by atoms with van der Waals surface area (Å²) in [5.74, 6) is -0.404. The Labute approximate surface area is 99.8 Å². The van der Waals surface area contributed by atoms with Crippen LogP contribution in [0.2, 0.25) is 0 Å². The summed E-state index contributed by atoms with van der Waals surface area (Å²) in [7, 11) is 0. The van der Waals surface area contributed by atoms with Crippen molar-refractivity contribution in [3.05, 3.63) is 34.3 Å². The maximum Gasteiger partial charge on any atom is 0.417 e. The second-order valence-corrected chi connectivity index (χ2v) is 5.22. The molecule has 0 saturated carbocycles. The van der Waals surface area contributed by atoms with Gasteiger partial charge in [0.05, 0.1) is 5.52 Å². The monoisotopic (exact) mass is 234 g/mol. The highest BCUT2D eigenvalue weighted by molar-refractivity contribution is 5.72. The second-order valence-electron chi connectivity index (χ2n) is 5.22. The normalized spacial score (nSPS) is 12.2. The molecule has 0 saturated heterocycles. The lowest BCUT2D eigenvalue weighted by atomic mass is 9.83. The molecule has 17 heavy (non-hydrogen) atoms. The van der Waals surface area contributed by atoms with Gasteiger partial charge in [0.15, 0.2) is 5.58 Å². The maximum atomic E-state index is 11.0. The summed E-state index contributed by atoms with van der Waals surface area (Å²) in [4.78, 5) is 13.7. The molecule has 4 heteroatoms. The zero-order chi connectivity index (χ0) is 12.5. The first kappa shape index (κ1) is 11.9. The van der Waals surface area contributed by atoms with E-state index in [9.17, 15) is 4.79 Å².